The molecule has 0 atom stereocenters. The summed E-state index contributed by atoms with van der Waals surface area (Å²) < 4.78 is 1.44. The predicted octanol–water partition coefficient (Wildman–Crippen LogP) is 2.36. The van der Waals surface area contributed by atoms with Crippen LogP contribution in [0, 0.1) is 6.92 Å². The fourth-order valence-electron chi connectivity index (χ4n) is 2.28. The van der Waals surface area contributed by atoms with Gasteiger partial charge in [-0.15, -0.1) is 10.2 Å². The Labute approximate surface area is 140 Å². The van der Waals surface area contributed by atoms with Gasteiger partial charge in [-0.1, -0.05) is 49.9 Å². The van der Waals surface area contributed by atoms with Crippen molar-refractivity contribution in [2.24, 2.45) is 0 Å². The number of nitrogens with one attached hydrogen (secondary N) is 1. The molecule has 1 aromatic carbocycles. The zero-order chi connectivity index (χ0) is 16.8. The van der Waals surface area contributed by atoms with E-state index in [9.17, 15) is 4.79 Å². The number of nitrogens with two attached hydrogens (primary N) is 1. The number of nitrogens with zero attached hydrogens (tertiary/aromatic N) is 3. The number of thioether (sulfide) groups is 1. The average molecular weight is 333 g/mol. The highest BCUT2D eigenvalue weighted by atomic mass is 32.2. The monoisotopic (exact) mass is 333 g/mol. The van der Waals surface area contributed by atoms with E-state index < -0.39 is 0 Å². The molecule has 0 spiro atoms. The number of amides is 1. The number of rotatable bonds is 7. The summed E-state index contributed by atoms with van der Waals surface area (Å²) in [6.07, 6.45) is 1.86. The normalized spacial score (nSPS) is 11.0. The van der Waals surface area contributed by atoms with Gasteiger partial charge in [0.15, 0.2) is 5.82 Å². The van der Waals surface area contributed by atoms with Crippen LogP contribution in [0.1, 0.15) is 32.3 Å². The third-order valence-corrected chi connectivity index (χ3v) is 4.68. The zero-order valence-corrected chi connectivity index (χ0v) is 14.6. The highest BCUT2D eigenvalue weighted by Gasteiger charge is 2.15. The molecule has 23 heavy (non-hydrogen) atoms. The number of aryl methyl sites for hydroxylation is 1. The van der Waals surface area contributed by atoms with Crippen LogP contribution in [-0.4, -0.2) is 32.6 Å². The van der Waals surface area contributed by atoms with Crippen molar-refractivity contribution in [2.45, 2.75) is 44.8 Å². The van der Waals surface area contributed by atoms with Gasteiger partial charge in [0, 0.05) is 11.6 Å². The number of carbonyl (C=O) groups is 1. The van der Waals surface area contributed by atoms with E-state index in [1.165, 1.54) is 16.4 Å². The van der Waals surface area contributed by atoms with E-state index in [-0.39, 0.29) is 17.7 Å². The van der Waals surface area contributed by atoms with Crippen molar-refractivity contribution in [1.29, 1.82) is 0 Å². The van der Waals surface area contributed by atoms with E-state index >= 15 is 0 Å². The largest absolute Gasteiger partial charge is 0.353 e. The van der Waals surface area contributed by atoms with Crippen molar-refractivity contribution in [3.8, 4) is 11.4 Å². The Morgan fingerprint density at radius 1 is 1.30 bits per heavy atom. The number of hydrogen-bond acceptors (Lipinski definition) is 5. The number of nitrogen functional groups attached to an aromatic ring is 1. The minimum absolute atomic E-state index is 0.0101. The lowest BCUT2D eigenvalue weighted by Crippen LogP contribution is -2.35. The molecule has 2 aromatic rings. The van der Waals surface area contributed by atoms with E-state index in [0.29, 0.717) is 11.0 Å². The van der Waals surface area contributed by atoms with Gasteiger partial charge < -0.3 is 11.2 Å². The molecule has 0 unspecified atom stereocenters. The van der Waals surface area contributed by atoms with Crippen molar-refractivity contribution in [2.75, 3.05) is 11.6 Å². The molecule has 0 radical (unpaired) electrons. The molecule has 0 aliphatic carbocycles. The van der Waals surface area contributed by atoms with Gasteiger partial charge in [0.05, 0.1) is 5.75 Å². The SMILES string of the molecule is CCC(CC)NC(=O)CSc1nnc(-c2ccccc2C)n1N. The van der Waals surface area contributed by atoms with Gasteiger partial charge in [-0.2, -0.15) is 0 Å². The maximum atomic E-state index is 12.0. The molecule has 2 rings (SSSR count). The molecule has 1 amide bonds. The maximum absolute atomic E-state index is 12.0. The summed E-state index contributed by atoms with van der Waals surface area (Å²) in [5, 5.41) is 11.8. The van der Waals surface area contributed by atoms with Crippen LogP contribution in [0.2, 0.25) is 0 Å². The Morgan fingerprint density at radius 3 is 2.65 bits per heavy atom. The lowest BCUT2D eigenvalue weighted by molar-refractivity contribution is -0.119. The number of hydrogen-bond donors (Lipinski definition) is 2. The lowest BCUT2D eigenvalue weighted by atomic mass is 10.1. The van der Waals surface area contributed by atoms with Crippen LogP contribution in [0.15, 0.2) is 29.4 Å². The molecule has 0 saturated carbocycles. The first kappa shape index (κ1) is 17.3. The van der Waals surface area contributed by atoms with Crippen LogP contribution in [0.3, 0.4) is 0 Å². The molecule has 0 bridgehead atoms. The average Bonchev–Trinajstić information content (AvgIpc) is 2.92. The Morgan fingerprint density at radius 2 is 2.00 bits per heavy atom. The molecular weight excluding hydrogens is 310 g/mol. The molecule has 124 valence electrons. The topological polar surface area (TPSA) is 85.8 Å². The fourth-order valence-corrected chi connectivity index (χ4v) is 2.94. The molecule has 0 aliphatic rings. The van der Waals surface area contributed by atoms with Gasteiger partial charge in [0.2, 0.25) is 11.1 Å². The van der Waals surface area contributed by atoms with Gasteiger partial charge in [-0.05, 0) is 25.3 Å². The number of aromatic nitrogens is 3. The molecule has 0 saturated heterocycles. The van der Waals surface area contributed by atoms with Crippen molar-refractivity contribution in [1.82, 2.24) is 20.2 Å². The van der Waals surface area contributed by atoms with Gasteiger partial charge in [0.25, 0.3) is 0 Å². The van der Waals surface area contributed by atoms with Crippen LogP contribution < -0.4 is 11.2 Å². The smallest absolute Gasteiger partial charge is 0.230 e. The second kappa shape index (κ2) is 8.01. The summed E-state index contributed by atoms with van der Waals surface area (Å²) in [7, 11) is 0. The molecule has 1 aromatic heterocycles. The molecule has 6 nitrogen and oxygen atoms in total. The molecule has 3 N–H and O–H groups in total. The van der Waals surface area contributed by atoms with Crippen molar-refractivity contribution in [3.63, 3.8) is 0 Å². The highest BCUT2D eigenvalue weighted by molar-refractivity contribution is 7.99. The summed E-state index contributed by atoms with van der Waals surface area (Å²) in [4.78, 5) is 12.0. The van der Waals surface area contributed by atoms with Gasteiger partial charge in [-0.3, -0.25) is 4.79 Å². The van der Waals surface area contributed by atoms with Crippen LogP contribution in [0.25, 0.3) is 11.4 Å². The van der Waals surface area contributed by atoms with Crippen LogP contribution in [0.4, 0.5) is 0 Å². The van der Waals surface area contributed by atoms with Gasteiger partial charge in [-0.25, -0.2) is 4.68 Å². The summed E-state index contributed by atoms with van der Waals surface area (Å²) in [5.41, 5.74) is 2.02. The van der Waals surface area contributed by atoms with Crippen molar-refractivity contribution >= 4 is 17.7 Å². The van der Waals surface area contributed by atoms with E-state index in [2.05, 4.69) is 29.4 Å². The summed E-state index contributed by atoms with van der Waals surface area (Å²) in [6.45, 7) is 6.12. The minimum Gasteiger partial charge on any atom is -0.353 e. The number of carbonyl (C=O) groups excluding carboxylic acids is 1. The predicted molar refractivity (Wildman–Crippen MR) is 93.6 cm³/mol. The van der Waals surface area contributed by atoms with Gasteiger partial charge in [0.1, 0.15) is 0 Å². The van der Waals surface area contributed by atoms with Crippen LogP contribution in [0.5, 0.6) is 0 Å². The quantitative estimate of drug-likeness (QED) is 0.600. The summed E-state index contributed by atoms with van der Waals surface area (Å²) in [5.74, 6) is 6.95. The maximum Gasteiger partial charge on any atom is 0.230 e. The summed E-state index contributed by atoms with van der Waals surface area (Å²) >= 11 is 1.29. The number of benzene rings is 1. The molecule has 0 fully saturated rings. The summed E-state index contributed by atoms with van der Waals surface area (Å²) in [6, 6.07) is 8.08. The fraction of sp³-hybridized carbons (Fsp3) is 0.438. The first-order valence-electron chi connectivity index (χ1n) is 7.75. The standard InChI is InChI=1S/C16H23N5OS/c1-4-12(5-2)18-14(22)10-23-16-20-19-15(21(16)17)13-9-7-6-8-11(13)3/h6-9,12H,4-5,10,17H2,1-3H3,(H,18,22). The molecule has 1 heterocycles. The molecule has 0 aliphatic heterocycles. The zero-order valence-electron chi connectivity index (χ0n) is 13.7. The second-order valence-corrected chi connectivity index (χ2v) is 6.30. The Hall–Kier alpha value is -2.02. The Balaban J connectivity index is 2.03. The van der Waals surface area contributed by atoms with Gasteiger partial charge >= 0.3 is 0 Å². The van der Waals surface area contributed by atoms with Crippen molar-refractivity contribution in [3.05, 3.63) is 29.8 Å². The van der Waals surface area contributed by atoms with E-state index in [1.54, 1.807) is 0 Å². The van der Waals surface area contributed by atoms with E-state index in [1.807, 2.05) is 31.2 Å². The first-order chi connectivity index (χ1) is 11.1. The van der Waals surface area contributed by atoms with Crippen LogP contribution >= 0.6 is 11.8 Å². The minimum atomic E-state index is -0.0101. The third kappa shape index (κ3) is 4.25. The first-order valence-corrected chi connectivity index (χ1v) is 8.74. The molecular formula is C16H23N5OS. The Kier molecular flexibility index (Phi) is 6.04. The van der Waals surface area contributed by atoms with Crippen LogP contribution in [-0.2, 0) is 4.79 Å². The highest BCUT2D eigenvalue weighted by Crippen LogP contribution is 2.23. The molecule has 7 heteroatoms. The Bertz CT molecular complexity index is 666. The van der Waals surface area contributed by atoms with Crippen molar-refractivity contribution < 1.29 is 4.79 Å². The van der Waals surface area contributed by atoms with E-state index in [0.717, 1.165) is 24.0 Å². The third-order valence-electron chi connectivity index (χ3n) is 3.73. The second-order valence-electron chi connectivity index (χ2n) is 5.36. The van der Waals surface area contributed by atoms with E-state index in [4.69, 9.17) is 5.84 Å². The lowest BCUT2D eigenvalue weighted by Gasteiger charge is -2.14.